The molecule has 2 aliphatic rings. The predicted molar refractivity (Wildman–Crippen MR) is 53.9 cm³/mol. The molecule has 1 saturated heterocycles. The first-order valence-corrected chi connectivity index (χ1v) is 5.28. The van der Waals surface area contributed by atoms with Gasteiger partial charge in [-0.1, -0.05) is 19.1 Å². The molecule has 1 heterocycles. The average Bonchev–Trinajstić information content (AvgIpc) is 2.72. The van der Waals surface area contributed by atoms with Crippen LogP contribution in [0, 0.1) is 11.7 Å². The summed E-state index contributed by atoms with van der Waals surface area (Å²) < 4.78 is 13.7. The normalized spacial score (nSPS) is 34.3. The van der Waals surface area contributed by atoms with Gasteiger partial charge in [-0.2, -0.15) is 0 Å². The van der Waals surface area contributed by atoms with E-state index in [1.54, 1.807) is 6.07 Å². The molecular weight excluding hydrogens is 177 g/mol. The van der Waals surface area contributed by atoms with Crippen LogP contribution in [0.3, 0.4) is 0 Å². The molecule has 1 aromatic rings. The van der Waals surface area contributed by atoms with Crippen molar-refractivity contribution in [3.05, 3.63) is 35.1 Å². The maximum atomic E-state index is 13.7. The van der Waals surface area contributed by atoms with Crippen molar-refractivity contribution in [1.29, 1.82) is 0 Å². The molecule has 3 rings (SSSR count). The van der Waals surface area contributed by atoms with E-state index in [0.717, 1.165) is 18.7 Å². The molecule has 74 valence electrons. The average molecular weight is 191 g/mol. The van der Waals surface area contributed by atoms with Gasteiger partial charge in [-0.15, -0.1) is 0 Å². The highest BCUT2D eigenvalue weighted by atomic mass is 19.1. The minimum atomic E-state index is -0.00875. The van der Waals surface area contributed by atoms with Crippen LogP contribution in [-0.4, -0.2) is 13.1 Å². The third-order valence-corrected chi connectivity index (χ3v) is 3.85. The Morgan fingerprint density at radius 3 is 3.07 bits per heavy atom. The van der Waals surface area contributed by atoms with E-state index in [9.17, 15) is 4.39 Å². The van der Waals surface area contributed by atoms with E-state index >= 15 is 0 Å². The van der Waals surface area contributed by atoms with Crippen molar-refractivity contribution in [2.75, 3.05) is 13.1 Å². The van der Waals surface area contributed by atoms with Crippen LogP contribution in [0.15, 0.2) is 18.2 Å². The highest BCUT2D eigenvalue weighted by Gasteiger charge is 2.42. The van der Waals surface area contributed by atoms with Crippen molar-refractivity contribution in [1.82, 2.24) is 5.32 Å². The molecule has 0 spiro atoms. The first-order chi connectivity index (χ1) is 6.79. The lowest BCUT2D eigenvalue weighted by molar-refractivity contribution is 0.481. The molecule has 3 unspecified atom stereocenters. The fourth-order valence-electron chi connectivity index (χ4n) is 3.11. The lowest BCUT2D eigenvalue weighted by atomic mass is 9.91. The number of hydrogen-bond acceptors (Lipinski definition) is 1. The van der Waals surface area contributed by atoms with Crippen LogP contribution in [0.25, 0.3) is 0 Å². The molecular formula is C12H14FN. The Labute approximate surface area is 83.3 Å². The predicted octanol–water partition coefficient (Wildman–Crippen LogP) is 2.25. The summed E-state index contributed by atoms with van der Waals surface area (Å²) in [4.78, 5) is 0. The molecule has 1 fully saturated rings. The summed E-state index contributed by atoms with van der Waals surface area (Å²) >= 11 is 0. The lowest BCUT2D eigenvalue weighted by Crippen LogP contribution is -2.12. The summed E-state index contributed by atoms with van der Waals surface area (Å²) in [5.74, 6) is 1.54. The van der Waals surface area contributed by atoms with Gasteiger partial charge in [-0.25, -0.2) is 4.39 Å². The van der Waals surface area contributed by atoms with E-state index < -0.39 is 0 Å². The first kappa shape index (κ1) is 8.42. The number of rotatable bonds is 0. The minimum absolute atomic E-state index is 0.00875. The van der Waals surface area contributed by atoms with Crippen LogP contribution in [0.1, 0.15) is 29.9 Å². The maximum Gasteiger partial charge on any atom is 0.127 e. The second kappa shape index (κ2) is 2.80. The van der Waals surface area contributed by atoms with Crippen LogP contribution < -0.4 is 5.32 Å². The molecule has 1 aromatic carbocycles. The van der Waals surface area contributed by atoms with E-state index in [-0.39, 0.29) is 5.82 Å². The van der Waals surface area contributed by atoms with E-state index in [2.05, 4.69) is 18.3 Å². The monoisotopic (exact) mass is 191 g/mol. The molecule has 0 saturated carbocycles. The molecule has 1 aliphatic carbocycles. The minimum Gasteiger partial charge on any atom is -0.316 e. The summed E-state index contributed by atoms with van der Waals surface area (Å²) in [6.07, 6.45) is 0. The summed E-state index contributed by atoms with van der Waals surface area (Å²) in [6.45, 7) is 4.21. The molecule has 0 radical (unpaired) electrons. The smallest absolute Gasteiger partial charge is 0.127 e. The highest BCUT2D eigenvalue weighted by molar-refractivity contribution is 5.42. The fraction of sp³-hybridized carbons (Fsp3) is 0.500. The third kappa shape index (κ3) is 0.921. The zero-order chi connectivity index (χ0) is 9.71. The van der Waals surface area contributed by atoms with Crippen molar-refractivity contribution in [3.63, 3.8) is 0 Å². The van der Waals surface area contributed by atoms with E-state index in [1.807, 2.05) is 6.07 Å². The van der Waals surface area contributed by atoms with Crippen LogP contribution in [0.4, 0.5) is 4.39 Å². The topological polar surface area (TPSA) is 12.0 Å². The lowest BCUT2D eigenvalue weighted by Gasteiger charge is -2.12. The number of halogens is 1. The van der Waals surface area contributed by atoms with Gasteiger partial charge in [-0.3, -0.25) is 0 Å². The summed E-state index contributed by atoms with van der Waals surface area (Å²) in [5.41, 5.74) is 2.22. The zero-order valence-electron chi connectivity index (χ0n) is 8.26. The quantitative estimate of drug-likeness (QED) is 0.663. The van der Waals surface area contributed by atoms with Crippen molar-refractivity contribution in [3.8, 4) is 0 Å². The zero-order valence-corrected chi connectivity index (χ0v) is 8.26. The van der Waals surface area contributed by atoms with Crippen molar-refractivity contribution < 1.29 is 4.39 Å². The van der Waals surface area contributed by atoms with Gasteiger partial charge >= 0.3 is 0 Å². The number of fused-ring (bicyclic) bond motifs is 3. The summed E-state index contributed by atoms with van der Waals surface area (Å²) in [7, 11) is 0. The molecule has 1 aliphatic heterocycles. The van der Waals surface area contributed by atoms with Crippen molar-refractivity contribution >= 4 is 0 Å². The third-order valence-electron chi connectivity index (χ3n) is 3.85. The molecule has 0 amide bonds. The Morgan fingerprint density at radius 1 is 1.36 bits per heavy atom. The molecule has 1 nitrogen and oxygen atoms in total. The largest absolute Gasteiger partial charge is 0.316 e. The van der Waals surface area contributed by atoms with Gasteiger partial charge in [0, 0.05) is 12.5 Å². The number of benzene rings is 1. The van der Waals surface area contributed by atoms with Gasteiger partial charge in [0.25, 0.3) is 0 Å². The van der Waals surface area contributed by atoms with E-state index in [1.165, 1.54) is 5.56 Å². The second-order valence-corrected chi connectivity index (χ2v) is 4.46. The molecule has 0 bridgehead atoms. The van der Waals surface area contributed by atoms with Crippen LogP contribution >= 0.6 is 0 Å². The Kier molecular flexibility index (Phi) is 1.68. The van der Waals surface area contributed by atoms with E-state index in [4.69, 9.17) is 0 Å². The second-order valence-electron chi connectivity index (χ2n) is 4.46. The van der Waals surface area contributed by atoms with Gasteiger partial charge in [-0.05, 0) is 35.6 Å². The Bertz CT molecular complexity index is 375. The number of hydrogen-bond donors (Lipinski definition) is 1. The number of nitrogens with one attached hydrogen (secondary N) is 1. The van der Waals surface area contributed by atoms with E-state index in [0.29, 0.717) is 17.8 Å². The Hall–Kier alpha value is -0.890. The Morgan fingerprint density at radius 2 is 2.21 bits per heavy atom. The van der Waals surface area contributed by atoms with Gasteiger partial charge in [0.15, 0.2) is 0 Å². The fourth-order valence-corrected chi connectivity index (χ4v) is 3.11. The van der Waals surface area contributed by atoms with Crippen molar-refractivity contribution in [2.24, 2.45) is 5.92 Å². The van der Waals surface area contributed by atoms with Gasteiger partial charge in [0.05, 0.1) is 0 Å². The molecule has 0 aromatic heterocycles. The van der Waals surface area contributed by atoms with Crippen molar-refractivity contribution in [2.45, 2.75) is 18.8 Å². The summed E-state index contributed by atoms with van der Waals surface area (Å²) in [6, 6.07) is 5.51. The van der Waals surface area contributed by atoms with Crippen LogP contribution in [0.5, 0.6) is 0 Å². The molecule has 3 atom stereocenters. The first-order valence-electron chi connectivity index (χ1n) is 5.28. The molecule has 1 N–H and O–H groups in total. The standard InChI is InChI=1S/C12H14FN/c1-7-8-3-2-4-11(13)12(8)10-6-14-5-9(7)10/h2-4,7,9-10,14H,5-6H2,1H3. The van der Waals surface area contributed by atoms with Gasteiger partial charge in [0.2, 0.25) is 0 Å². The highest BCUT2D eigenvalue weighted by Crippen LogP contribution is 2.48. The molecule has 14 heavy (non-hydrogen) atoms. The van der Waals surface area contributed by atoms with Gasteiger partial charge in [0.1, 0.15) is 5.82 Å². The SMILES string of the molecule is CC1c2cccc(F)c2C2CNCC12. The maximum absolute atomic E-state index is 13.7. The van der Waals surface area contributed by atoms with Crippen LogP contribution in [-0.2, 0) is 0 Å². The van der Waals surface area contributed by atoms with Crippen LogP contribution in [0.2, 0.25) is 0 Å². The van der Waals surface area contributed by atoms with Gasteiger partial charge < -0.3 is 5.32 Å². The summed E-state index contributed by atoms with van der Waals surface area (Å²) in [5, 5.41) is 3.36. The molecule has 2 heteroatoms. The Balaban J connectivity index is 2.18.